The second-order valence-corrected chi connectivity index (χ2v) is 5.70. The number of nitrogens with two attached hydrogens (primary N) is 1. The lowest BCUT2D eigenvalue weighted by molar-refractivity contribution is 0.0697. The van der Waals surface area contributed by atoms with E-state index in [1.807, 2.05) is 25.9 Å². The molecule has 2 aromatic rings. The van der Waals surface area contributed by atoms with Crippen LogP contribution in [0.2, 0.25) is 0 Å². The fraction of sp³-hybridized carbons (Fsp3) is 0.286. The number of nitrogens with zero attached hydrogens (tertiary/aromatic N) is 3. The summed E-state index contributed by atoms with van der Waals surface area (Å²) in [5.41, 5.74) is 8.77. The number of hydrogen-bond acceptors (Lipinski definition) is 4. The lowest BCUT2D eigenvalue weighted by atomic mass is 10.1. The van der Waals surface area contributed by atoms with Crippen molar-refractivity contribution in [2.45, 2.75) is 13.5 Å². The average Bonchev–Trinajstić information content (AvgIpc) is 2.65. The van der Waals surface area contributed by atoms with E-state index in [0.29, 0.717) is 17.9 Å². The molecule has 6 nitrogen and oxygen atoms in total. The number of carbonyl (C=O) groups is 1. The number of carboxylic acids is 1. The zero-order valence-electron chi connectivity index (χ0n) is 12.1. The van der Waals surface area contributed by atoms with E-state index in [9.17, 15) is 9.90 Å². The molecule has 112 valence electrons. The molecule has 3 N–H and O–H groups in total. The molecule has 0 saturated heterocycles. The van der Waals surface area contributed by atoms with Crippen LogP contribution in [0.4, 0.5) is 11.4 Å². The molecule has 0 bridgehead atoms. The van der Waals surface area contributed by atoms with Crippen molar-refractivity contribution in [1.29, 1.82) is 0 Å². The summed E-state index contributed by atoms with van der Waals surface area (Å²) in [5.74, 6) is -0.996. The van der Waals surface area contributed by atoms with E-state index in [1.54, 1.807) is 16.8 Å². The van der Waals surface area contributed by atoms with Crippen molar-refractivity contribution in [3.05, 3.63) is 39.6 Å². The second kappa shape index (κ2) is 5.77. The third kappa shape index (κ3) is 3.02. The molecule has 7 heteroatoms. The van der Waals surface area contributed by atoms with Gasteiger partial charge >= 0.3 is 5.97 Å². The summed E-state index contributed by atoms with van der Waals surface area (Å²) in [6, 6.07) is 4.88. The fourth-order valence-corrected chi connectivity index (χ4v) is 2.68. The zero-order valence-corrected chi connectivity index (χ0v) is 13.7. The van der Waals surface area contributed by atoms with Gasteiger partial charge in [0.25, 0.3) is 0 Å². The highest BCUT2D eigenvalue weighted by Crippen LogP contribution is 2.27. The summed E-state index contributed by atoms with van der Waals surface area (Å²) in [4.78, 5) is 13.2. The van der Waals surface area contributed by atoms with Crippen molar-refractivity contribution >= 4 is 33.3 Å². The quantitative estimate of drug-likeness (QED) is 0.825. The lowest BCUT2D eigenvalue weighted by Crippen LogP contribution is -2.21. The molecule has 0 saturated carbocycles. The highest BCUT2D eigenvalue weighted by atomic mass is 79.9. The first-order valence-corrected chi connectivity index (χ1v) is 7.12. The Morgan fingerprint density at radius 1 is 1.52 bits per heavy atom. The van der Waals surface area contributed by atoms with E-state index in [0.717, 1.165) is 15.9 Å². The van der Waals surface area contributed by atoms with Crippen LogP contribution in [0, 0.1) is 6.92 Å². The topological polar surface area (TPSA) is 84.4 Å². The molecule has 1 heterocycles. The van der Waals surface area contributed by atoms with Crippen LogP contribution in [0.5, 0.6) is 0 Å². The van der Waals surface area contributed by atoms with Crippen LogP contribution in [0.25, 0.3) is 0 Å². The third-order valence-corrected chi connectivity index (χ3v) is 4.34. The van der Waals surface area contributed by atoms with Crippen LogP contribution in [-0.2, 0) is 13.6 Å². The lowest BCUT2D eigenvalue weighted by Gasteiger charge is -2.21. The number of aromatic carboxylic acids is 1. The molecule has 1 aromatic heterocycles. The molecule has 21 heavy (non-hydrogen) atoms. The summed E-state index contributed by atoms with van der Waals surface area (Å²) in [5, 5.41) is 13.6. The van der Waals surface area contributed by atoms with Gasteiger partial charge in [0, 0.05) is 19.8 Å². The SMILES string of the molecule is Cc1nn(C)c(CN(C)c2ccc(N)cc2C(=O)O)c1Br. The predicted octanol–water partition coefficient (Wildman–Crippen LogP) is 2.41. The van der Waals surface area contributed by atoms with Gasteiger partial charge in [0.15, 0.2) is 0 Å². The first kappa shape index (κ1) is 15.4. The van der Waals surface area contributed by atoms with Crippen LogP contribution < -0.4 is 10.6 Å². The zero-order chi connectivity index (χ0) is 15.7. The monoisotopic (exact) mass is 352 g/mol. The predicted molar refractivity (Wildman–Crippen MR) is 85.6 cm³/mol. The van der Waals surface area contributed by atoms with Crippen LogP contribution in [0.15, 0.2) is 22.7 Å². The van der Waals surface area contributed by atoms with Crippen molar-refractivity contribution in [3.8, 4) is 0 Å². The van der Waals surface area contributed by atoms with Gasteiger partial charge < -0.3 is 15.7 Å². The maximum absolute atomic E-state index is 11.4. The van der Waals surface area contributed by atoms with E-state index < -0.39 is 5.97 Å². The Labute approximate surface area is 131 Å². The van der Waals surface area contributed by atoms with Gasteiger partial charge in [-0.25, -0.2) is 4.79 Å². The van der Waals surface area contributed by atoms with E-state index in [1.165, 1.54) is 6.07 Å². The Bertz CT molecular complexity index is 697. The maximum atomic E-state index is 11.4. The number of anilines is 2. The standard InChI is InChI=1S/C14H17BrN4O2/c1-8-13(15)12(19(3)17-8)7-18(2)11-5-4-9(16)6-10(11)14(20)21/h4-6H,7,16H2,1-3H3,(H,20,21). The van der Waals surface area contributed by atoms with Crippen LogP contribution >= 0.6 is 15.9 Å². The normalized spacial score (nSPS) is 10.7. The molecule has 0 amide bonds. The molecule has 0 aliphatic rings. The van der Waals surface area contributed by atoms with Crippen molar-refractivity contribution < 1.29 is 9.90 Å². The number of aromatic nitrogens is 2. The van der Waals surface area contributed by atoms with Crippen LogP contribution in [0.1, 0.15) is 21.7 Å². The molecular formula is C14H17BrN4O2. The van der Waals surface area contributed by atoms with Crippen molar-refractivity contribution in [2.75, 3.05) is 17.7 Å². The van der Waals surface area contributed by atoms with Crippen LogP contribution in [0.3, 0.4) is 0 Å². The average molecular weight is 353 g/mol. The first-order chi connectivity index (χ1) is 9.81. The molecule has 0 radical (unpaired) electrons. The van der Waals surface area contributed by atoms with E-state index >= 15 is 0 Å². The van der Waals surface area contributed by atoms with Gasteiger partial charge in [0.2, 0.25) is 0 Å². The fourth-order valence-electron chi connectivity index (χ4n) is 2.22. The van der Waals surface area contributed by atoms with Gasteiger partial charge in [-0.15, -0.1) is 0 Å². The van der Waals surface area contributed by atoms with E-state index in [-0.39, 0.29) is 5.56 Å². The molecular weight excluding hydrogens is 336 g/mol. The Balaban J connectivity index is 2.37. The first-order valence-electron chi connectivity index (χ1n) is 6.33. The van der Waals surface area contributed by atoms with Crippen LogP contribution in [-0.4, -0.2) is 27.9 Å². The maximum Gasteiger partial charge on any atom is 0.337 e. The highest BCUT2D eigenvalue weighted by Gasteiger charge is 2.17. The molecule has 0 aliphatic carbocycles. The number of rotatable bonds is 4. The van der Waals surface area contributed by atoms with Gasteiger partial charge in [-0.3, -0.25) is 4.68 Å². The Hall–Kier alpha value is -2.02. The number of hydrogen-bond donors (Lipinski definition) is 2. The van der Waals surface area contributed by atoms with Gasteiger partial charge in [-0.2, -0.15) is 5.10 Å². The van der Waals surface area contributed by atoms with Crippen molar-refractivity contribution in [2.24, 2.45) is 7.05 Å². The number of benzene rings is 1. The van der Waals surface area contributed by atoms with Gasteiger partial charge in [0.1, 0.15) is 0 Å². The molecule has 1 aromatic carbocycles. The summed E-state index contributed by atoms with van der Waals surface area (Å²) < 4.78 is 2.72. The van der Waals surface area contributed by atoms with Gasteiger partial charge in [0.05, 0.1) is 33.7 Å². The van der Waals surface area contributed by atoms with E-state index in [4.69, 9.17) is 5.73 Å². The molecule has 0 fully saturated rings. The molecule has 0 spiro atoms. The minimum atomic E-state index is -0.996. The molecule has 0 atom stereocenters. The minimum Gasteiger partial charge on any atom is -0.478 e. The van der Waals surface area contributed by atoms with Crippen molar-refractivity contribution in [3.63, 3.8) is 0 Å². The minimum absolute atomic E-state index is 0.188. The highest BCUT2D eigenvalue weighted by molar-refractivity contribution is 9.10. The molecule has 0 unspecified atom stereocenters. The third-order valence-electron chi connectivity index (χ3n) is 3.31. The number of carboxylic acid groups (broad SMARTS) is 1. The summed E-state index contributed by atoms with van der Waals surface area (Å²) in [7, 11) is 3.70. The number of nitrogen functional groups attached to an aromatic ring is 1. The Morgan fingerprint density at radius 2 is 2.19 bits per heavy atom. The Kier molecular flexibility index (Phi) is 4.22. The van der Waals surface area contributed by atoms with Gasteiger partial charge in [-0.05, 0) is 41.1 Å². The molecule has 0 aliphatic heterocycles. The summed E-state index contributed by atoms with van der Waals surface area (Å²) in [6.45, 7) is 2.45. The smallest absolute Gasteiger partial charge is 0.337 e. The molecule has 2 rings (SSSR count). The van der Waals surface area contributed by atoms with Crippen molar-refractivity contribution in [1.82, 2.24) is 9.78 Å². The van der Waals surface area contributed by atoms with Gasteiger partial charge in [-0.1, -0.05) is 0 Å². The summed E-state index contributed by atoms with van der Waals surface area (Å²) in [6.07, 6.45) is 0. The summed E-state index contributed by atoms with van der Waals surface area (Å²) >= 11 is 3.51. The Morgan fingerprint density at radius 3 is 2.71 bits per heavy atom. The number of halogens is 1. The largest absolute Gasteiger partial charge is 0.478 e. The number of aryl methyl sites for hydroxylation is 2. The second-order valence-electron chi connectivity index (χ2n) is 4.91. The van der Waals surface area contributed by atoms with E-state index in [2.05, 4.69) is 21.0 Å².